The summed E-state index contributed by atoms with van der Waals surface area (Å²) in [5, 5.41) is 10.5. The Labute approximate surface area is 132 Å². The molecule has 23 heavy (non-hydrogen) atoms. The second kappa shape index (κ2) is 7.79. The molecule has 0 saturated heterocycles. The lowest BCUT2D eigenvalue weighted by molar-refractivity contribution is -0.384. The highest BCUT2D eigenvalue weighted by Crippen LogP contribution is 2.19. The molecule has 0 atom stereocenters. The monoisotopic (exact) mass is 317 g/mol. The van der Waals surface area contributed by atoms with Gasteiger partial charge in [0.05, 0.1) is 11.5 Å². The average molecular weight is 317 g/mol. The maximum absolute atomic E-state index is 11.7. The molecule has 0 bridgehead atoms. The Hall–Kier alpha value is -3.09. The van der Waals surface area contributed by atoms with Gasteiger partial charge in [-0.3, -0.25) is 10.1 Å². The summed E-state index contributed by atoms with van der Waals surface area (Å²) in [6.45, 7) is 2.19. The van der Waals surface area contributed by atoms with E-state index in [0.717, 1.165) is 0 Å². The highest BCUT2D eigenvalue weighted by molar-refractivity contribution is 5.74. The number of non-ortho nitro benzene ring substituents is 1. The maximum atomic E-state index is 11.7. The van der Waals surface area contributed by atoms with Gasteiger partial charge in [0.25, 0.3) is 5.69 Å². The fourth-order valence-electron chi connectivity index (χ4n) is 1.74. The largest absolute Gasteiger partial charge is 0.494 e. The Morgan fingerprint density at radius 1 is 0.957 bits per heavy atom. The van der Waals surface area contributed by atoms with Crippen molar-refractivity contribution in [3.8, 4) is 17.2 Å². The maximum Gasteiger partial charge on any atom is 0.349 e. The second-order valence-electron chi connectivity index (χ2n) is 4.42. The van der Waals surface area contributed by atoms with E-state index in [0.29, 0.717) is 18.1 Å². The Morgan fingerprint density at radius 3 is 2.00 bits per heavy atom. The molecule has 2 aromatic rings. The predicted molar refractivity (Wildman–Crippen MR) is 81.8 cm³/mol. The summed E-state index contributed by atoms with van der Waals surface area (Å²) in [6.07, 6.45) is 0. The van der Waals surface area contributed by atoms with Gasteiger partial charge in [-0.1, -0.05) is 0 Å². The molecule has 0 aromatic heterocycles. The van der Waals surface area contributed by atoms with Crippen LogP contribution in [-0.4, -0.2) is 24.1 Å². The molecule has 7 heteroatoms. The molecule has 0 aliphatic rings. The molecule has 0 saturated carbocycles. The molecule has 0 amide bonds. The molecule has 2 rings (SSSR count). The molecule has 7 nitrogen and oxygen atoms in total. The predicted octanol–water partition coefficient (Wildman–Crippen LogP) is 2.98. The zero-order valence-corrected chi connectivity index (χ0v) is 12.4. The van der Waals surface area contributed by atoms with Crippen molar-refractivity contribution in [2.45, 2.75) is 6.92 Å². The number of ether oxygens (including phenoxy) is 3. The van der Waals surface area contributed by atoms with Gasteiger partial charge in [0, 0.05) is 12.1 Å². The summed E-state index contributed by atoms with van der Waals surface area (Å²) in [4.78, 5) is 21.7. The molecular formula is C16H15NO6. The van der Waals surface area contributed by atoms with Gasteiger partial charge in [0.15, 0.2) is 6.61 Å². The van der Waals surface area contributed by atoms with E-state index >= 15 is 0 Å². The fraction of sp³-hybridized carbons (Fsp3) is 0.188. The quantitative estimate of drug-likeness (QED) is 0.337. The van der Waals surface area contributed by atoms with Crippen LogP contribution in [0.2, 0.25) is 0 Å². The van der Waals surface area contributed by atoms with E-state index in [1.807, 2.05) is 6.92 Å². The molecule has 2 aromatic carbocycles. The molecule has 0 heterocycles. The Kier molecular flexibility index (Phi) is 5.51. The second-order valence-corrected chi connectivity index (χ2v) is 4.42. The standard InChI is InChI=1S/C16H15NO6/c1-2-21-13-7-9-14(10-8-13)22-11-16(18)23-15-5-3-12(4-6-15)17(19)20/h3-10H,2,11H2,1H3. The molecule has 120 valence electrons. The highest BCUT2D eigenvalue weighted by atomic mass is 16.6. The van der Waals surface area contributed by atoms with Crippen molar-refractivity contribution in [1.82, 2.24) is 0 Å². The molecule has 0 radical (unpaired) electrons. The Balaban J connectivity index is 1.83. The fourth-order valence-corrected chi connectivity index (χ4v) is 1.74. The van der Waals surface area contributed by atoms with Crippen molar-refractivity contribution in [2.75, 3.05) is 13.2 Å². The summed E-state index contributed by atoms with van der Waals surface area (Å²) in [6, 6.07) is 12.1. The lowest BCUT2D eigenvalue weighted by Crippen LogP contribution is -2.17. The van der Waals surface area contributed by atoms with E-state index in [1.54, 1.807) is 24.3 Å². The summed E-state index contributed by atoms with van der Waals surface area (Å²) in [5.74, 6) is 0.839. The Bertz CT molecular complexity index is 666. The van der Waals surface area contributed by atoms with Crippen molar-refractivity contribution < 1.29 is 23.9 Å². The zero-order valence-electron chi connectivity index (χ0n) is 12.4. The van der Waals surface area contributed by atoms with Crippen LogP contribution in [0.1, 0.15) is 6.92 Å². The van der Waals surface area contributed by atoms with Gasteiger partial charge < -0.3 is 14.2 Å². The molecule has 0 aliphatic heterocycles. The van der Waals surface area contributed by atoms with Gasteiger partial charge in [-0.05, 0) is 43.3 Å². The van der Waals surface area contributed by atoms with Crippen molar-refractivity contribution in [1.29, 1.82) is 0 Å². The number of benzene rings is 2. The van der Waals surface area contributed by atoms with Crippen molar-refractivity contribution in [3.63, 3.8) is 0 Å². The van der Waals surface area contributed by atoms with Crippen LogP contribution in [0.3, 0.4) is 0 Å². The van der Waals surface area contributed by atoms with E-state index < -0.39 is 10.9 Å². The smallest absolute Gasteiger partial charge is 0.349 e. The van der Waals surface area contributed by atoms with Gasteiger partial charge in [-0.25, -0.2) is 4.79 Å². The van der Waals surface area contributed by atoms with Crippen molar-refractivity contribution in [3.05, 3.63) is 58.6 Å². The first-order valence-electron chi connectivity index (χ1n) is 6.89. The first-order chi connectivity index (χ1) is 11.1. The lowest BCUT2D eigenvalue weighted by Gasteiger charge is -2.08. The highest BCUT2D eigenvalue weighted by Gasteiger charge is 2.09. The third-order valence-corrected chi connectivity index (χ3v) is 2.77. The lowest BCUT2D eigenvalue weighted by atomic mass is 10.3. The van der Waals surface area contributed by atoms with E-state index in [4.69, 9.17) is 14.2 Å². The van der Waals surface area contributed by atoms with Gasteiger partial charge in [0.1, 0.15) is 17.2 Å². The van der Waals surface area contributed by atoms with Crippen LogP contribution in [0.15, 0.2) is 48.5 Å². The number of carbonyl (C=O) groups excluding carboxylic acids is 1. The molecule has 0 spiro atoms. The molecule has 0 fully saturated rings. The number of nitro groups is 1. The van der Waals surface area contributed by atoms with Gasteiger partial charge in [-0.2, -0.15) is 0 Å². The topological polar surface area (TPSA) is 87.9 Å². The Morgan fingerprint density at radius 2 is 1.48 bits per heavy atom. The molecule has 0 aliphatic carbocycles. The molecule has 0 unspecified atom stereocenters. The minimum Gasteiger partial charge on any atom is -0.494 e. The van der Waals surface area contributed by atoms with Gasteiger partial charge in [0.2, 0.25) is 0 Å². The first kappa shape index (κ1) is 16.3. The van der Waals surface area contributed by atoms with Crippen molar-refractivity contribution >= 4 is 11.7 Å². The van der Waals surface area contributed by atoms with Crippen LogP contribution in [-0.2, 0) is 4.79 Å². The van der Waals surface area contributed by atoms with Gasteiger partial charge in [-0.15, -0.1) is 0 Å². The summed E-state index contributed by atoms with van der Waals surface area (Å²) >= 11 is 0. The van der Waals surface area contributed by atoms with E-state index in [2.05, 4.69) is 0 Å². The summed E-state index contributed by atoms with van der Waals surface area (Å²) in [7, 11) is 0. The van der Waals surface area contributed by atoms with Crippen LogP contribution in [0, 0.1) is 10.1 Å². The normalized spacial score (nSPS) is 9.96. The number of rotatable bonds is 7. The minimum absolute atomic E-state index is 0.0737. The van der Waals surface area contributed by atoms with Crippen LogP contribution in [0.4, 0.5) is 5.69 Å². The number of nitro benzene ring substituents is 1. The van der Waals surface area contributed by atoms with Gasteiger partial charge >= 0.3 is 5.97 Å². The number of hydrogen-bond acceptors (Lipinski definition) is 6. The minimum atomic E-state index is -0.604. The van der Waals surface area contributed by atoms with E-state index in [-0.39, 0.29) is 18.0 Å². The van der Waals surface area contributed by atoms with Crippen LogP contribution >= 0.6 is 0 Å². The summed E-state index contributed by atoms with van der Waals surface area (Å²) in [5.41, 5.74) is -0.0737. The number of esters is 1. The molecular weight excluding hydrogens is 302 g/mol. The SMILES string of the molecule is CCOc1ccc(OCC(=O)Oc2ccc([N+](=O)[O-])cc2)cc1. The number of hydrogen-bond donors (Lipinski definition) is 0. The zero-order chi connectivity index (χ0) is 16.7. The summed E-state index contributed by atoms with van der Waals surface area (Å²) < 4.78 is 15.6. The number of carbonyl (C=O) groups is 1. The average Bonchev–Trinajstić information content (AvgIpc) is 2.55. The number of nitrogens with zero attached hydrogens (tertiary/aromatic N) is 1. The van der Waals surface area contributed by atoms with Crippen LogP contribution in [0.5, 0.6) is 17.2 Å². The first-order valence-corrected chi connectivity index (χ1v) is 6.89. The third kappa shape index (κ3) is 4.99. The van der Waals surface area contributed by atoms with E-state index in [1.165, 1.54) is 24.3 Å². The van der Waals surface area contributed by atoms with Crippen LogP contribution in [0.25, 0.3) is 0 Å². The van der Waals surface area contributed by atoms with E-state index in [9.17, 15) is 14.9 Å². The van der Waals surface area contributed by atoms with Crippen LogP contribution < -0.4 is 14.2 Å². The third-order valence-electron chi connectivity index (χ3n) is 2.77. The molecule has 0 N–H and O–H groups in total. The van der Waals surface area contributed by atoms with Crippen molar-refractivity contribution in [2.24, 2.45) is 0 Å².